The van der Waals surface area contributed by atoms with Crippen LogP contribution in [-0.4, -0.2) is 43.8 Å². The van der Waals surface area contributed by atoms with E-state index in [0.717, 1.165) is 38.5 Å². The summed E-state index contributed by atoms with van der Waals surface area (Å²) in [6, 6.07) is 10.7. The monoisotopic (exact) mass is 373 g/mol. The number of aliphatic hydroxyl groups is 1. The van der Waals surface area contributed by atoms with Gasteiger partial charge in [0.2, 0.25) is 0 Å². The quantitative estimate of drug-likeness (QED) is 0.372. The van der Waals surface area contributed by atoms with Gasteiger partial charge in [-0.3, -0.25) is 5.32 Å². The van der Waals surface area contributed by atoms with Crippen LogP contribution in [0.2, 0.25) is 0 Å². The molecule has 0 amide bonds. The third kappa shape index (κ3) is 4.36. The van der Waals surface area contributed by atoms with E-state index in [2.05, 4.69) is 53.0 Å². The number of hydrogen-bond donors (Lipinski definition) is 3. The summed E-state index contributed by atoms with van der Waals surface area (Å²) >= 11 is 0. The summed E-state index contributed by atoms with van der Waals surface area (Å²) < 4.78 is 0. The van der Waals surface area contributed by atoms with Crippen LogP contribution in [0.25, 0.3) is 0 Å². The molecule has 3 N–H and O–H groups in total. The Morgan fingerprint density at radius 1 is 1.26 bits per heavy atom. The fourth-order valence-corrected chi connectivity index (χ4v) is 5.10. The number of nitrogens with zero attached hydrogens (tertiary/aromatic N) is 1. The number of oxime groups is 1. The molecule has 3 rings (SSSR count). The lowest BCUT2D eigenvalue weighted by atomic mass is 9.59. The predicted octanol–water partition coefficient (Wildman–Crippen LogP) is 2.94. The smallest absolute Gasteiger partial charge is 0.190 e. The van der Waals surface area contributed by atoms with Gasteiger partial charge < -0.3 is 15.3 Å². The van der Waals surface area contributed by atoms with Gasteiger partial charge in [-0.2, -0.15) is 0 Å². The number of rotatable bonds is 8. The molecule has 5 heteroatoms. The highest BCUT2D eigenvalue weighted by atomic mass is 16.6. The molecule has 150 valence electrons. The maximum absolute atomic E-state index is 11.5. The summed E-state index contributed by atoms with van der Waals surface area (Å²) in [6.07, 6.45) is 7.81. The normalized spacial score (nSPS) is 34.5. The molecule has 2 aliphatic rings. The van der Waals surface area contributed by atoms with Crippen molar-refractivity contribution in [1.29, 1.82) is 0 Å². The molecule has 0 aromatic heterocycles. The molecule has 0 saturated heterocycles. The third-order valence-corrected chi connectivity index (χ3v) is 6.96. The zero-order valence-corrected chi connectivity index (χ0v) is 16.9. The zero-order chi connectivity index (χ0) is 19.3. The molecule has 0 heterocycles. The van der Waals surface area contributed by atoms with Crippen LogP contribution < -0.4 is 10.6 Å². The molecular weight excluding hydrogens is 338 g/mol. The van der Waals surface area contributed by atoms with Gasteiger partial charge in [-0.25, -0.2) is 0 Å². The van der Waals surface area contributed by atoms with Gasteiger partial charge in [0.15, 0.2) is 6.23 Å². The topological polar surface area (TPSA) is 65.9 Å². The SMILES string of the molecule is CNCC(NC)ON=C[C@H]1CC[C@]2(O)C[C@@H](Cc3ccccc3)CC[C@]12C. The van der Waals surface area contributed by atoms with Crippen molar-refractivity contribution >= 4 is 6.21 Å². The molecule has 2 saturated carbocycles. The van der Waals surface area contributed by atoms with Gasteiger partial charge in [-0.1, -0.05) is 42.4 Å². The Hall–Kier alpha value is -1.43. The zero-order valence-electron chi connectivity index (χ0n) is 16.9. The van der Waals surface area contributed by atoms with Crippen molar-refractivity contribution in [3.8, 4) is 0 Å². The largest absolute Gasteiger partial charge is 0.389 e. The molecule has 1 aromatic rings. The summed E-state index contributed by atoms with van der Waals surface area (Å²) in [4.78, 5) is 5.57. The van der Waals surface area contributed by atoms with E-state index < -0.39 is 5.60 Å². The van der Waals surface area contributed by atoms with Crippen molar-refractivity contribution < 1.29 is 9.94 Å². The van der Waals surface area contributed by atoms with E-state index in [1.54, 1.807) is 0 Å². The lowest BCUT2D eigenvalue weighted by molar-refractivity contribution is -0.106. The van der Waals surface area contributed by atoms with Crippen molar-refractivity contribution in [2.24, 2.45) is 22.4 Å². The van der Waals surface area contributed by atoms with Crippen molar-refractivity contribution in [3.63, 3.8) is 0 Å². The van der Waals surface area contributed by atoms with Gasteiger partial charge >= 0.3 is 0 Å². The average molecular weight is 374 g/mol. The molecule has 2 fully saturated rings. The molecule has 1 aromatic carbocycles. The number of hydrogen-bond acceptors (Lipinski definition) is 5. The van der Waals surface area contributed by atoms with E-state index in [1.807, 2.05) is 20.3 Å². The van der Waals surface area contributed by atoms with Crippen molar-refractivity contribution in [2.75, 3.05) is 20.6 Å². The second kappa shape index (κ2) is 8.72. The Balaban J connectivity index is 1.61. The first kappa shape index (κ1) is 20.3. The van der Waals surface area contributed by atoms with Gasteiger partial charge in [0.05, 0.1) is 5.60 Å². The van der Waals surface area contributed by atoms with Gasteiger partial charge in [-0.05, 0) is 64.1 Å². The van der Waals surface area contributed by atoms with E-state index in [9.17, 15) is 5.11 Å². The van der Waals surface area contributed by atoms with Gasteiger partial charge in [0.1, 0.15) is 0 Å². The van der Waals surface area contributed by atoms with E-state index in [4.69, 9.17) is 4.84 Å². The van der Waals surface area contributed by atoms with E-state index in [-0.39, 0.29) is 17.6 Å². The Kier molecular flexibility index (Phi) is 6.56. The van der Waals surface area contributed by atoms with Crippen LogP contribution in [0.3, 0.4) is 0 Å². The standard InChI is InChI=1S/C22H35N3O2/c1-21-11-9-18(13-17-7-5-4-6-8-17)14-22(21,26)12-10-19(21)15-25-27-20(24-3)16-23-2/h4-8,15,18-20,23-24,26H,9-14,16H2,1-3H3/t18-,19-,20?,21-,22+/m1/s1. The maximum Gasteiger partial charge on any atom is 0.190 e. The highest BCUT2D eigenvalue weighted by Gasteiger charge is 2.58. The van der Waals surface area contributed by atoms with Crippen LogP contribution in [0, 0.1) is 17.3 Å². The van der Waals surface area contributed by atoms with Crippen molar-refractivity contribution in [2.45, 2.75) is 57.3 Å². The van der Waals surface area contributed by atoms with Gasteiger partial charge in [0.25, 0.3) is 0 Å². The fraction of sp³-hybridized carbons (Fsp3) is 0.682. The van der Waals surface area contributed by atoms with Crippen LogP contribution in [-0.2, 0) is 11.3 Å². The highest BCUT2D eigenvalue weighted by molar-refractivity contribution is 5.62. The minimum atomic E-state index is -0.589. The molecular formula is C22H35N3O2. The molecule has 0 radical (unpaired) electrons. The first-order chi connectivity index (χ1) is 13.0. The summed E-state index contributed by atoms with van der Waals surface area (Å²) in [5.41, 5.74) is 0.682. The third-order valence-electron chi connectivity index (χ3n) is 6.96. The molecule has 0 spiro atoms. The van der Waals surface area contributed by atoms with Gasteiger partial charge in [-0.15, -0.1) is 0 Å². The molecule has 0 bridgehead atoms. The Bertz CT molecular complexity index is 623. The minimum Gasteiger partial charge on any atom is -0.389 e. The van der Waals surface area contributed by atoms with Crippen LogP contribution in [0.15, 0.2) is 35.5 Å². The number of fused-ring (bicyclic) bond motifs is 1. The molecule has 0 aliphatic heterocycles. The highest BCUT2D eigenvalue weighted by Crippen LogP contribution is 2.58. The molecule has 5 nitrogen and oxygen atoms in total. The minimum absolute atomic E-state index is 0.106. The van der Waals surface area contributed by atoms with E-state index in [0.29, 0.717) is 12.5 Å². The summed E-state index contributed by atoms with van der Waals surface area (Å²) in [7, 11) is 3.75. The maximum atomic E-state index is 11.5. The number of likely N-dealkylation sites (N-methyl/N-ethyl adjacent to an activating group) is 2. The van der Waals surface area contributed by atoms with Crippen LogP contribution in [0.5, 0.6) is 0 Å². The summed E-state index contributed by atoms with van der Waals surface area (Å²) in [6.45, 7) is 2.94. The Morgan fingerprint density at radius 2 is 2.04 bits per heavy atom. The Labute approximate surface area is 163 Å². The second-order valence-electron chi connectivity index (χ2n) is 8.59. The number of nitrogens with one attached hydrogen (secondary N) is 2. The van der Waals surface area contributed by atoms with E-state index >= 15 is 0 Å². The first-order valence-corrected chi connectivity index (χ1v) is 10.3. The molecule has 5 atom stereocenters. The average Bonchev–Trinajstić information content (AvgIpc) is 2.93. The first-order valence-electron chi connectivity index (χ1n) is 10.3. The summed E-state index contributed by atoms with van der Waals surface area (Å²) in [5.74, 6) is 0.828. The van der Waals surface area contributed by atoms with E-state index in [1.165, 1.54) is 5.56 Å². The van der Waals surface area contributed by atoms with Crippen LogP contribution in [0.1, 0.15) is 44.6 Å². The molecule has 27 heavy (non-hydrogen) atoms. The lowest BCUT2D eigenvalue weighted by Crippen LogP contribution is -2.50. The Morgan fingerprint density at radius 3 is 2.74 bits per heavy atom. The molecule has 2 aliphatic carbocycles. The van der Waals surface area contributed by atoms with Gasteiger partial charge in [0, 0.05) is 24.1 Å². The molecule has 1 unspecified atom stereocenters. The fourth-order valence-electron chi connectivity index (χ4n) is 5.10. The van der Waals surface area contributed by atoms with Crippen LogP contribution >= 0.6 is 0 Å². The van der Waals surface area contributed by atoms with Crippen LogP contribution in [0.4, 0.5) is 0 Å². The van der Waals surface area contributed by atoms with Crippen molar-refractivity contribution in [3.05, 3.63) is 35.9 Å². The lowest BCUT2D eigenvalue weighted by Gasteiger charge is -2.48. The van der Waals surface area contributed by atoms with Crippen molar-refractivity contribution in [1.82, 2.24) is 10.6 Å². The second-order valence-corrected chi connectivity index (χ2v) is 8.59. The number of benzene rings is 1. The predicted molar refractivity (Wildman–Crippen MR) is 110 cm³/mol. The summed E-state index contributed by atoms with van der Waals surface area (Å²) in [5, 5.41) is 21.9.